The normalized spacial score (nSPS) is 11.1. The van der Waals surface area contributed by atoms with Gasteiger partial charge < -0.3 is 4.74 Å². The van der Waals surface area contributed by atoms with Gasteiger partial charge in [0.2, 0.25) is 5.88 Å². The smallest absolute Gasteiger partial charge is 0.267 e. The zero-order valence-electron chi connectivity index (χ0n) is 14.1. The fraction of sp³-hybridized carbons (Fsp3) is 0.312. The molecule has 26 heavy (non-hydrogen) atoms. The van der Waals surface area contributed by atoms with Crippen LogP contribution in [-0.4, -0.2) is 30.8 Å². The Hall–Kier alpha value is -2.45. The van der Waals surface area contributed by atoms with E-state index in [9.17, 15) is 4.79 Å². The number of hydrogen-bond donors (Lipinski definition) is 2. The van der Waals surface area contributed by atoms with Crippen molar-refractivity contribution >= 4 is 23.2 Å². The first-order chi connectivity index (χ1) is 12.4. The summed E-state index contributed by atoms with van der Waals surface area (Å²) in [6.07, 6.45) is 1.25. The number of nitrogens with zero attached hydrogens (tertiary/aromatic N) is 4. The second kappa shape index (κ2) is 7.84. The molecular formula is C16H16Cl2N6O2. The highest BCUT2D eigenvalue weighted by molar-refractivity contribution is 6.37. The van der Waals surface area contributed by atoms with Gasteiger partial charge in [-0.2, -0.15) is 5.21 Å². The summed E-state index contributed by atoms with van der Waals surface area (Å²) in [7, 11) is 0. The Bertz CT molecular complexity index is 933. The van der Waals surface area contributed by atoms with Gasteiger partial charge in [-0.05, 0) is 30.0 Å². The topological polar surface area (TPSA) is 109 Å². The van der Waals surface area contributed by atoms with Crippen molar-refractivity contribution in [3.05, 3.63) is 55.5 Å². The number of rotatable bonds is 6. The van der Waals surface area contributed by atoms with E-state index in [-0.39, 0.29) is 23.1 Å². The third-order valence-electron chi connectivity index (χ3n) is 3.72. The Morgan fingerprint density at radius 2 is 1.85 bits per heavy atom. The molecule has 0 amide bonds. The molecule has 0 bridgehead atoms. The first-order valence-corrected chi connectivity index (χ1v) is 8.67. The zero-order valence-corrected chi connectivity index (χ0v) is 15.6. The number of aromatic amines is 2. The van der Waals surface area contributed by atoms with Crippen LogP contribution >= 0.6 is 23.2 Å². The Morgan fingerprint density at radius 1 is 1.12 bits per heavy atom. The van der Waals surface area contributed by atoms with Crippen LogP contribution in [0.1, 0.15) is 36.7 Å². The quantitative estimate of drug-likeness (QED) is 0.663. The first-order valence-electron chi connectivity index (χ1n) is 7.91. The summed E-state index contributed by atoms with van der Waals surface area (Å²) in [5.74, 6) is 1.14. The molecule has 2 aromatic heterocycles. The van der Waals surface area contributed by atoms with Gasteiger partial charge in [-0.1, -0.05) is 42.3 Å². The second-order valence-corrected chi connectivity index (χ2v) is 6.78. The molecule has 3 aromatic rings. The van der Waals surface area contributed by atoms with Gasteiger partial charge in [-0.3, -0.25) is 4.79 Å². The SMILES string of the molecule is CC(C)c1cc(Oc2c(Cl)cc(CCc3nn[nH]n3)cc2Cl)n[nH]c1=O. The third kappa shape index (κ3) is 4.20. The summed E-state index contributed by atoms with van der Waals surface area (Å²) in [4.78, 5) is 11.8. The standard InChI is InChI=1S/C16H16Cl2N6O2/c1-8(2)10-7-14(21-22-16(10)25)26-15-11(17)5-9(6-12(15)18)3-4-13-19-23-24-20-13/h5-8H,3-4H2,1-2H3,(H,22,25)(H,19,20,23,24). The van der Waals surface area contributed by atoms with Gasteiger partial charge in [0, 0.05) is 18.1 Å². The Labute approximate surface area is 158 Å². The van der Waals surface area contributed by atoms with Gasteiger partial charge in [0.25, 0.3) is 5.56 Å². The second-order valence-electron chi connectivity index (χ2n) is 5.96. The van der Waals surface area contributed by atoms with Crippen LogP contribution in [0, 0.1) is 0 Å². The van der Waals surface area contributed by atoms with Gasteiger partial charge in [-0.15, -0.1) is 15.3 Å². The van der Waals surface area contributed by atoms with E-state index in [4.69, 9.17) is 27.9 Å². The molecule has 0 saturated carbocycles. The van der Waals surface area contributed by atoms with Crippen LogP contribution in [0.25, 0.3) is 0 Å². The third-order valence-corrected chi connectivity index (χ3v) is 4.28. The lowest BCUT2D eigenvalue weighted by atomic mass is 10.1. The lowest BCUT2D eigenvalue weighted by Crippen LogP contribution is -2.15. The number of ether oxygens (including phenoxy) is 1. The lowest BCUT2D eigenvalue weighted by molar-refractivity contribution is 0.452. The predicted octanol–water partition coefficient (Wildman–Crippen LogP) is 3.29. The number of nitrogens with one attached hydrogen (secondary N) is 2. The maximum absolute atomic E-state index is 11.8. The van der Waals surface area contributed by atoms with Crippen molar-refractivity contribution < 1.29 is 4.74 Å². The van der Waals surface area contributed by atoms with E-state index >= 15 is 0 Å². The molecular weight excluding hydrogens is 379 g/mol. The molecule has 0 fully saturated rings. The number of benzene rings is 1. The highest BCUT2D eigenvalue weighted by Crippen LogP contribution is 2.37. The van der Waals surface area contributed by atoms with Crippen molar-refractivity contribution in [2.24, 2.45) is 0 Å². The number of halogens is 2. The van der Waals surface area contributed by atoms with Crippen molar-refractivity contribution in [1.82, 2.24) is 30.8 Å². The number of aryl methyl sites for hydroxylation is 2. The van der Waals surface area contributed by atoms with E-state index in [2.05, 4.69) is 30.8 Å². The van der Waals surface area contributed by atoms with Crippen LogP contribution in [0.4, 0.5) is 0 Å². The molecule has 0 radical (unpaired) electrons. The van der Waals surface area contributed by atoms with Gasteiger partial charge in [-0.25, -0.2) is 5.10 Å². The molecule has 0 unspecified atom stereocenters. The predicted molar refractivity (Wildman–Crippen MR) is 97.1 cm³/mol. The van der Waals surface area contributed by atoms with E-state index in [1.807, 2.05) is 13.8 Å². The van der Waals surface area contributed by atoms with Crippen molar-refractivity contribution in [3.63, 3.8) is 0 Å². The summed E-state index contributed by atoms with van der Waals surface area (Å²) in [6.45, 7) is 3.82. The van der Waals surface area contributed by atoms with E-state index in [1.54, 1.807) is 18.2 Å². The van der Waals surface area contributed by atoms with Crippen molar-refractivity contribution in [2.45, 2.75) is 32.6 Å². The van der Waals surface area contributed by atoms with Crippen molar-refractivity contribution in [3.8, 4) is 11.6 Å². The minimum Gasteiger partial charge on any atom is -0.434 e. The molecule has 136 valence electrons. The molecule has 3 rings (SSSR count). The van der Waals surface area contributed by atoms with Crippen molar-refractivity contribution in [2.75, 3.05) is 0 Å². The van der Waals surface area contributed by atoms with E-state index in [0.29, 0.717) is 34.3 Å². The minimum absolute atomic E-state index is 0.0301. The van der Waals surface area contributed by atoms with Gasteiger partial charge in [0.15, 0.2) is 11.6 Å². The van der Waals surface area contributed by atoms with Crippen molar-refractivity contribution in [1.29, 1.82) is 0 Å². The molecule has 10 heteroatoms. The first kappa shape index (κ1) is 18.3. The Kier molecular flexibility index (Phi) is 5.53. The molecule has 0 spiro atoms. The fourth-order valence-corrected chi connectivity index (χ4v) is 3.00. The number of aromatic nitrogens is 6. The van der Waals surface area contributed by atoms with Crippen LogP contribution in [0.15, 0.2) is 23.0 Å². The van der Waals surface area contributed by atoms with Crippen LogP contribution in [0.5, 0.6) is 11.6 Å². The molecule has 2 heterocycles. The number of hydrogen-bond acceptors (Lipinski definition) is 6. The Morgan fingerprint density at radius 3 is 2.46 bits per heavy atom. The van der Waals surface area contributed by atoms with Gasteiger partial charge >= 0.3 is 0 Å². The average Bonchev–Trinajstić information content (AvgIpc) is 3.11. The molecule has 0 saturated heterocycles. The molecule has 0 aliphatic heterocycles. The lowest BCUT2D eigenvalue weighted by Gasteiger charge is -2.12. The highest BCUT2D eigenvalue weighted by Gasteiger charge is 2.14. The summed E-state index contributed by atoms with van der Waals surface area (Å²) in [5, 5.41) is 20.7. The maximum Gasteiger partial charge on any atom is 0.267 e. The molecule has 1 aromatic carbocycles. The average molecular weight is 395 g/mol. The fourth-order valence-electron chi connectivity index (χ4n) is 2.39. The monoisotopic (exact) mass is 394 g/mol. The molecule has 0 atom stereocenters. The largest absolute Gasteiger partial charge is 0.434 e. The highest BCUT2D eigenvalue weighted by atomic mass is 35.5. The number of tetrazole rings is 1. The molecule has 8 nitrogen and oxygen atoms in total. The number of H-pyrrole nitrogens is 2. The molecule has 0 aliphatic carbocycles. The van der Waals surface area contributed by atoms with E-state index < -0.39 is 0 Å². The molecule has 0 aliphatic rings. The van der Waals surface area contributed by atoms with E-state index in [1.165, 1.54) is 0 Å². The maximum atomic E-state index is 11.8. The summed E-state index contributed by atoms with van der Waals surface area (Å²) in [6, 6.07) is 5.11. The van der Waals surface area contributed by atoms with Crippen LogP contribution in [0.3, 0.4) is 0 Å². The summed E-state index contributed by atoms with van der Waals surface area (Å²) >= 11 is 12.6. The van der Waals surface area contributed by atoms with Gasteiger partial charge in [0.05, 0.1) is 10.0 Å². The Balaban J connectivity index is 1.80. The molecule has 2 N–H and O–H groups in total. The van der Waals surface area contributed by atoms with Crippen LogP contribution in [-0.2, 0) is 12.8 Å². The van der Waals surface area contributed by atoms with E-state index in [0.717, 1.165) is 5.56 Å². The van der Waals surface area contributed by atoms with Crippen LogP contribution in [0.2, 0.25) is 10.0 Å². The van der Waals surface area contributed by atoms with Gasteiger partial charge in [0.1, 0.15) is 0 Å². The van der Waals surface area contributed by atoms with Crippen LogP contribution < -0.4 is 10.3 Å². The zero-order chi connectivity index (χ0) is 18.7. The summed E-state index contributed by atoms with van der Waals surface area (Å²) < 4.78 is 5.71. The summed E-state index contributed by atoms with van der Waals surface area (Å²) in [5.41, 5.74) is 1.23. The minimum atomic E-state index is -0.249.